The summed E-state index contributed by atoms with van der Waals surface area (Å²) in [6.07, 6.45) is -5.04. The molecule has 1 heterocycles. The molecule has 13 heteroatoms. The van der Waals surface area contributed by atoms with Gasteiger partial charge in [0.15, 0.2) is 0 Å². The largest absolute Gasteiger partial charge is 0.573 e. The molecule has 29 heavy (non-hydrogen) atoms. The Balaban J connectivity index is 2.23. The predicted octanol–water partition coefficient (Wildman–Crippen LogP) is 4.41. The number of esters is 1. The number of sulfonamides is 1. The minimum Gasteiger partial charge on any atom is -0.465 e. The summed E-state index contributed by atoms with van der Waals surface area (Å²) in [4.78, 5) is 11.9. The first kappa shape index (κ1) is 23.7. The highest BCUT2D eigenvalue weighted by Gasteiger charge is 2.32. The second-order valence-electron chi connectivity index (χ2n) is 5.50. The fourth-order valence-electron chi connectivity index (χ4n) is 2.23. The summed E-state index contributed by atoms with van der Waals surface area (Å²) >= 11 is 12.9. The Morgan fingerprint density at radius 2 is 1.86 bits per heavy atom. The maximum Gasteiger partial charge on any atom is 0.573 e. The van der Waals surface area contributed by atoms with Crippen molar-refractivity contribution < 1.29 is 35.9 Å². The molecule has 0 amide bonds. The molecule has 0 aliphatic heterocycles. The summed E-state index contributed by atoms with van der Waals surface area (Å²) in [5.41, 5.74) is 0.441. The maximum atomic E-state index is 12.6. The zero-order valence-corrected chi connectivity index (χ0v) is 17.8. The van der Waals surface area contributed by atoms with E-state index in [1.807, 2.05) is 0 Å². The van der Waals surface area contributed by atoms with E-state index in [2.05, 4.69) is 9.46 Å². The Hall–Kier alpha value is -1.53. The van der Waals surface area contributed by atoms with Crippen molar-refractivity contribution >= 4 is 50.5 Å². The van der Waals surface area contributed by atoms with Crippen molar-refractivity contribution in [1.29, 1.82) is 0 Å². The molecule has 0 saturated heterocycles. The van der Waals surface area contributed by atoms with Gasteiger partial charge in [-0.05, 0) is 42.8 Å². The van der Waals surface area contributed by atoms with Gasteiger partial charge in [0.25, 0.3) is 0 Å². The van der Waals surface area contributed by atoms with Gasteiger partial charge in [-0.3, -0.25) is 4.79 Å². The van der Waals surface area contributed by atoms with Crippen molar-refractivity contribution in [2.45, 2.75) is 30.6 Å². The number of alkyl halides is 3. The van der Waals surface area contributed by atoms with E-state index < -0.39 is 34.1 Å². The van der Waals surface area contributed by atoms with Crippen molar-refractivity contribution in [1.82, 2.24) is 4.72 Å². The number of hydrogen-bond donors (Lipinski definition) is 1. The molecule has 160 valence electrons. The van der Waals surface area contributed by atoms with E-state index in [4.69, 9.17) is 27.9 Å². The molecule has 0 unspecified atom stereocenters. The lowest BCUT2D eigenvalue weighted by Crippen LogP contribution is -2.43. The van der Waals surface area contributed by atoms with E-state index in [0.29, 0.717) is 9.90 Å². The Morgan fingerprint density at radius 3 is 2.34 bits per heavy atom. The Kier molecular flexibility index (Phi) is 7.80. The summed E-state index contributed by atoms with van der Waals surface area (Å²) in [5, 5.41) is 0. The van der Waals surface area contributed by atoms with Gasteiger partial charge in [0.1, 0.15) is 11.8 Å². The van der Waals surface area contributed by atoms with E-state index in [-0.39, 0.29) is 22.3 Å². The minimum atomic E-state index is -4.91. The number of benzene rings is 1. The minimum absolute atomic E-state index is 0.0126. The molecular formula is C16H14Cl2F3NO5S2. The molecule has 2 aromatic rings. The third-order valence-electron chi connectivity index (χ3n) is 3.39. The molecule has 0 bridgehead atoms. The van der Waals surface area contributed by atoms with Crippen LogP contribution in [-0.4, -0.2) is 33.4 Å². The number of rotatable bonds is 8. The van der Waals surface area contributed by atoms with Crippen LogP contribution in [0.1, 0.15) is 12.5 Å². The van der Waals surface area contributed by atoms with Crippen molar-refractivity contribution in [2.75, 3.05) is 6.61 Å². The van der Waals surface area contributed by atoms with E-state index in [1.165, 1.54) is 6.07 Å². The predicted molar refractivity (Wildman–Crippen MR) is 102 cm³/mol. The average Bonchev–Trinajstić information content (AvgIpc) is 2.90. The highest BCUT2D eigenvalue weighted by atomic mass is 35.5. The fraction of sp³-hybridized carbons (Fsp3) is 0.312. The number of carbonyl (C=O) groups is 1. The van der Waals surface area contributed by atoms with Crippen LogP contribution in [0.3, 0.4) is 0 Å². The first-order valence-corrected chi connectivity index (χ1v) is 11.0. The summed E-state index contributed by atoms with van der Waals surface area (Å²) < 4.78 is 73.3. The molecule has 0 spiro atoms. The third-order valence-corrected chi connectivity index (χ3v) is 6.44. The van der Waals surface area contributed by atoms with Crippen LogP contribution >= 0.6 is 34.5 Å². The van der Waals surface area contributed by atoms with Crippen LogP contribution in [0.15, 0.2) is 35.2 Å². The molecule has 1 aromatic carbocycles. The molecule has 0 fully saturated rings. The second kappa shape index (κ2) is 9.52. The smallest absolute Gasteiger partial charge is 0.465 e. The Bertz CT molecular complexity index is 962. The van der Waals surface area contributed by atoms with Crippen molar-refractivity contribution in [2.24, 2.45) is 0 Å². The summed E-state index contributed by atoms with van der Waals surface area (Å²) in [6, 6.07) is 3.70. The molecule has 0 radical (unpaired) electrons. The number of thiophene rings is 1. The van der Waals surface area contributed by atoms with Crippen LogP contribution in [0.2, 0.25) is 8.67 Å². The topological polar surface area (TPSA) is 81.7 Å². The highest BCUT2D eigenvalue weighted by Crippen LogP contribution is 2.32. The molecule has 0 aliphatic rings. The lowest BCUT2D eigenvalue weighted by atomic mass is 10.1. The molecule has 1 atom stereocenters. The van der Waals surface area contributed by atoms with Crippen molar-refractivity contribution in [3.8, 4) is 5.75 Å². The first-order valence-electron chi connectivity index (χ1n) is 7.89. The van der Waals surface area contributed by atoms with Gasteiger partial charge in [-0.25, -0.2) is 8.42 Å². The number of hydrogen-bond acceptors (Lipinski definition) is 6. The standard InChI is InChI=1S/C16H14Cl2F3NO5S2/c1-2-26-15(23)12(7-9-8-13(17)28-14(9)18)22-29(24,25)11-5-3-10(4-6-11)27-16(19,20)21/h3-6,8,12,22H,2,7H2,1H3/t12-/m1/s1. The monoisotopic (exact) mass is 491 g/mol. The van der Waals surface area contributed by atoms with Gasteiger partial charge >= 0.3 is 12.3 Å². The van der Waals surface area contributed by atoms with Gasteiger partial charge in [-0.1, -0.05) is 23.2 Å². The van der Waals surface area contributed by atoms with E-state index in [9.17, 15) is 26.4 Å². The Labute approximate surface area is 178 Å². The van der Waals surface area contributed by atoms with Crippen LogP contribution in [-0.2, 0) is 26.0 Å². The van der Waals surface area contributed by atoms with E-state index >= 15 is 0 Å². The van der Waals surface area contributed by atoms with Gasteiger partial charge < -0.3 is 9.47 Å². The van der Waals surface area contributed by atoms with Crippen LogP contribution in [0.4, 0.5) is 13.2 Å². The second-order valence-corrected chi connectivity index (χ2v) is 9.50. The van der Waals surface area contributed by atoms with Gasteiger partial charge in [-0.15, -0.1) is 24.5 Å². The third kappa shape index (κ3) is 7.03. The lowest BCUT2D eigenvalue weighted by molar-refractivity contribution is -0.274. The van der Waals surface area contributed by atoms with E-state index in [0.717, 1.165) is 35.6 Å². The Morgan fingerprint density at radius 1 is 1.24 bits per heavy atom. The van der Waals surface area contributed by atoms with Gasteiger partial charge in [0.2, 0.25) is 10.0 Å². The molecule has 1 N–H and O–H groups in total. The molecule has 1 aromatic heterocycles. The summed E-state index contributed by atoms with van der Waals surface area (Å²) in [7, 11) is -4.27. The zero-order chi connectivity index (χ0) is 21.8. The maximum absolute atomic E-state index is 12.6. The molecule has 0 aliphatic carbocycles. The van der Waals surface area contributed by atoms with Crippen LogP contribution in [0.25, 0.3) is 0 Å². The highest BCUT2D eigenvalue weighted by molar-refractivity contribution is 7.89. The first-order chi connectivity index (χ1) is 13.4. The number of carbonyl (C=O) groups excluding carboxylic acids is 1. The average molecular weight is 492 g/mol. The van der Waals surface area contributed by atoms with Crippen molar-refractivity contribution in [3.63, 3.8) is 0 Å². The molecule has 0 saturated carbocycles. The molecule has 2 rings (SSSR count). The van der Waals surface area contributed by atoms with E-state index in [1.54, 1.807) is 6.92 Å². The van der Waals surface area contributed by atoms with Crippen molar-refractivity contribution in [3.05, 3.63) is 44.6 Å². The molecule has 6 nitrogen and oxygen atoms in total. The summed E-state index contributed by atoms with van der Waals surface area (Å²) in [5.74, 6) is -1.43. The van der Waals surface area contributed by atoms with Gasteiger partial charge in [0, 0.05) is 6.42 Å². The lowest BCUT2D eigenvalue weighted by Gasteiger charge is -2.17. The van der Waals surface area contributed by atoms with Gasteiger partial charge in [-0.2, -0.15) is 4.72 Å². The number of nitrogens with one attached hydrogen (secondary N) is 1. The summed E-state index contributed by atoms with van der Waals surface area (Å²) in [6.45, 7) is 1.57. The zero-order valence-electron chi connectivity index (χ0n) is 14.6. The number of halogens is 5. The fourth-order valence-corrected chi connectivity index (χ4v) is 4.92. The van der Waals surface area contributed by atoms with Crippen LogP contribution in [0.5, 0.6) is 5.75 Å². The quantitative estimate of drug-likeness (QED) is 0.553. The normalized spacial score (nSPS) is 13.2. The number of ether oxygens (including phenoxy) is 2. The van der Waals surface area contributed by atoms with Crippen LogP contribution in [0, 0.1) is 0 Å². The van der Waals surface area contributed by atoms with Gasteiger partial charge in [0.05, 0.1) is 20.2 Å². The van der Waals surface area contributed by atoms with Crippen LogP contribution < -0.4 is 9.46 Å². The SMILES string of the molecule is CCOC(=O)[C@@H](Cc1cc(Cl)sc1Cl)NS(=O)(=O)c1ccc(OC(F)(F)F)cc1. The molecular weight excluding hydrogens is 478 g/mol.